The first-order valence-corrected chi connectivity index (χ1v) is 11.0. The molecule has 0 spiro atoms. The standard InChI is InChI=1S/C17H15F3N4O7S2/c1-6(25)31-3-7-4-32-13-10(12(27)24(13)11(7)14(28)29)22-9(26)2-8-5-33-16(21-8)23-15(30)17(18,19)20/h5,10,13H,2-4H2,1H3,(H,22,26)(H,28,29)(H,21,23,30)/t10?,13-/m0/s1. The van der Waals surface area contributed by atoms with Crippen molar-refractivity contribution in [3.8, 4) is 0 Å². The fraction of sp³-hybridized carbons (Fsp3) is 0.412. The van der Waals surface area contributed by atoms with Crippen molar-refractivity contribution in [2.45, 2.75) is 30.9 Å². The number of hydrogen-bond donors (Lipinski definition) is 3. The fourth-order valence-corrected chi connectivity index (χ4v) is 5.02. The third-order valence-corrected chi connectivity index (χ3v) is 6.53. The minimum absolute atomic E-state index is 0.0738. The first-order chi connectivity index (χ1) is 15.4. The molecule has 2 atom stereocenters. The van der Waals surface area contributed by atoms with Gasteiger partial charge in [0.2, 0.25) is 5.91 Å². The molecule has 3 N–H and O–H groups in total. The zero-order valence-electron chi connectivity index (χ0n) is 16.6. The molecule has 3 rings (SSSR count). The van der Waals surface area contributed by atoms with Crippen molar-refractivity contribution in [1.82, 2.24) is 15.2 Å². The number of hydrogen-bond acceptors (Lipinski definition) is 9. The van der Waals surface area contributed by atoms with Crippen molar-refractivity contribution in [3.63, 3.8) is 0 Å². The van der Waals surface area contributed by atoms with Crippen LogP contribution in [0, 0.1) is 0 Å². The molecule has 11 nitrogen and oxygen atoms in total. The Balaban J connectivity index is 1.61. The van der Waals surface area contributed by atoms with Gasteiger partial charge < -0.3 is 15.2 Å². The van der Waals surface area contributed by atoms with E-state index in [1.165, 1.54) is 17.1 Å². The van der Waals surface area contributed by atoms with E-state index in [4.69, 9.17) is 4.74 Å². The molecule has 0 aromatic carbocycles. The number of rotatable bonds is 7. The average molecular weight is 508 g/mol. The van der Waals surface area contributed by atoms with E-state index >= 15 is 0 Å². The molecule has 1 aromatic heterocycles. The Kier molecular flexibility index (Phi) is 6.97. The van der Waals surface area contributed by atoms with Gasteiger partial charge in [-0.05, 0) is 0 Å². The highest BCUT2D eigenvalue weighted by molar-refractivity contribution is 8.00. The fourth-order valence-electron chi connectivity index (χ4n) is 2.99. The summed E-state index contributed by atoms with van der Waals surface area (Å²) in [5.41, 5.74) is 0.0118. The van der Waals surface area contributed by atoms with Gasteiger partial charge in [0.25, 0.3) is 5.91 Å². The maximum Gasteiger partial charge on any atom is 0.471 e. The Morgan fingerprint density at radius 3 is 2.64 bits per heavy atom. The van der Waals surface area contributed by atoms with E-state index < -0.39 is 47.3 Å². The van der Waals surface area contributed by atoms with E-state index in [0.29, 0.717) is 11.3 Å². The minimum atomic E-state index is -5.08. The summed E-state index contributed by atoms with van der Waals surface area (Å²) in [6.07, 6.45) is -5.46. The lowest BCUT2D eigenvalue weighted by molar-refractivity contribution is -0.167. The van der Waals surface area contributed by atoms with Gasteiger partial charge in [-0.25, -0.2) is 9.78 Å². The second kappa shape index (κ2) is 9.38. The smallest absolute Gasteiger partial charge is 0.471 e. The lowest BCUT2D eigenvalue weighted by Gasteiger charge is -2.49. The van der Waals surface area contributed by atoms with Crippen molar-refractivity contribution in [1.29, 1.82) is 0 Å². The second-order valence-corrected chi connectivity index (χ2v) is 8.73. The van der Waals surface area contributed by atoms with Gasteiger partial charge in [-0.15, -0.1) is 23.1 Å². The highest BCUT2D eigenvalue weighted by atomic mass is 32.2. The maximum absolute atomic E-state index is 12.5. The Morgan fingerprint density at radius 1 is 1.33 bits per heavy atom. The summed E-state index contributed by atoms with van der Waals surface area (Å²) in [7, 11) is 0. The maximum atomic E-state index is 12.5. The number of aromatic nitrogens is 1. The normalized spacial score (nSPS) is 20.0. The van der Waals surface area contributed by atoms with Crippen LogP contribution < -0.4 is 10.6 Å². The van der Waals surface area contributed by atoms with Gasteiger partial charge in [0.05, 0.1) is 12.1 Å². The molecule has 1 saturated heterocycles. The van der Waals surface area contributed by atoms with Gasteiger partial charge in [0.1, 0.15) is 23.7 Å². The van der Waals surface area contributed by atoms with E-state index in [1.54, 1.807) is 5.32 Å². The van der Waals surface area contributed by atoms with Gasteiger partial charge in [-0.2, -0.15) is 13.2 Å². The molecule has 33 heavy (non-hydrogen) atoms. The Labute approximate surface area is 191 Å². The summed E-state index contributed by atoms with van der Waals surface area (Å²) in [4.78, 5) is 63.2. The third kappa shape index (κ3) is 5.44. The highest BCUT2D eigenvalue weighted by Crippen LogP contribution is 2.40. The Hall–Kier alpha value is -3.14. The van der Waals surface area contributed by atoms with Crippen molar-refractivity contribution < 1.29 is 47.0 Å². The zero-order chi connectivity index (χ0) is 24.5. The van der Waals surface area contributed by atoms with Gasteiger partial charge in [-0.1, -0.05) is 0 Å². The van der Waals surface area contributed by atoms with E-state index in [1.807, 2.05) is 0 Å². The number of aliphatic carboxylic acids is 1. The largest absolute Gasteiger partial charge is 0.477 e. The molecule has 2 aliphatic heterocycles. The summed E-state index contributed by atoms with van der Waals surface area (Å²) < 4.78 is 41.7. The number of halogens is 3. The predicted octanol–water partition coefficient (Wildman–Crippen LogP) is 0.488. The molecule has 3 amide bonds. The van der Waals surface area contributed by atoms with Crippen LogP contribution in [0.5, 0.6) is 0 Å². The Morgan fingerprint density at radius 2 is 2.03 bits per heavy atom. The molecule has 16 heteroatoms. The number of β-lactam (4-membered cyclic amide) rings is 1. The number of thiazole rings is 1. The second-order valence-electron chi connectivity index (χ2n) is 6.77. The molecule has 1 aromatic rings. The Bertz CT molecular complexity index is 1060. The van der Waals surface area contributed by atoms with Crippen LogP contribution in [0.4, 0.5) is 18.3 Å². The lowest BCUT2D eigenvalue weighted by Crippen LogP contribution is -2.70. The van der Waals surface area contributed by atoms with Crippen molar-refractivity contribution >= 4 is 57.9 Å². The lowest BCUT2D eigenvalue weighted by atomic mass is 10.0. The quantitative estimate of drug-likeness (QED) is 0.352. The molecule has 1 unspecified atom stereocenters. The number of carboxylic acids is 1. The summed E-state index contributed by atoms with van der Waals surface area (Å²) in [5, 5.41) is 13.8. The number of alkyl halides is 3. The van der Waals surface area contributed by atoms with Crippen molar-refractivity contribution in [2.75, 3.05) is 17.7 Å². The van der Waals surface area contributed by atoms with E-state index in [2.05, 4.69) is 10.3 Å². The molecule has 1 fully saturated rings. The molecule has 0 aliphatic carbocycles. The summed E-state index contributed by atoms with van der Waals surface area (Å²) in [6, 6.07) is -1.02. The van der Waals surface area contributed by atoms with Crippen LogP contribution in [0.2, 0.25) is 0 Å². The molecule has 2 aliphatic rings. The third-order valence-electron chi connectivity index (χ3n) is 4.39. The molecular weight excluding hydrogens is 493 g/mol. The first-order valence-electron chi connectivity index (χ1n) is 9.03. The zero-order valence-corrected chi connectivity index (χ0v) is 18.2. The molecule has 0 radical (unpaired) electrons. The van der Waals surface area contributed by atoms with Crippen LogP contribution >= 0.6 is 23.1 Å². The minimum Gasteiger partial charge on any atom is -0.477 e. The SMILES string of the molecule is CC(=O)OCC1=C(C(=O)O)N2C(=O)C(NC(=O)Cc3csc(NC(=O)C(F)(F)F)n3)[C@@H]2SC1. The summed E-state index contributed by atoms with van der Waals surface area (Å²) >= 11 is 1.87. The predicted molar refractivity (Wildman–Crippen MR) is 107 cm³/mol. The first kappa shape index (κ1) is 24.5. The number of esters is 1. The number of carbonyl (C=O) groups excluding carboxylic acids is 4. The molecule has 3 heterocycles. The highest BCUT2D eigenvalue weighted by Gasteiger charge is 2.54. The number of carboxylic acid groups (broad SMARTS) is 1. The van der Waals surface area contributed by atoms with Crippen LogP contribution in [-0.4, -0.2) is 74.6 Å². The molecular formula is C17H15F3N4O7S2. The van der Waals surface area contributed by atoms with Gasteiger partial charge in [-0.3, -0.25) is 29.4 Å². The van der Waals surface area contributed by atoms with Gasteiger partial charge in [0.15, 0.2) is 5.13 Å². The molecule has 178 valence electrons. The summed E-state index contributed by atoms with van der Waals surface area (Å²) in [5.74, 6) is -5.37. The number of amides is 3. The van der Waals surface area contributed by atoms with E-state index in [-0.39, 0.29) is 40.9 Å². The molecule has 0 saturated carbocycles. The van der Waals surface area contributed by atoms with Crippen LogP contribution in [0.15, 0.2) is 16.7 Å². The van der Waals surface area contributed by atoms with Gasteiger partial charge in [0, 0.05) is 23.6 Å². The van der Waals surface area contributed by atoms with Gasteiger partial charge >= 0.3 is 24.0 Å². The van der Waals surface area contributed by atoms with E-state index in [0.717, 1.165) is 11.8 Å². The van der Waals surface area contributed by atoms with Crippen molar-refractivity contribution in [2.24, 2.45) is 0 Å². The van der Waals surface area contributed by atoms with E-state index in [9.17, 15) is 42.3 Å². The van der Waals surface area contributed by atoms with Crippen LogP contribution in [0.3, 0.4) is 0 Å². The number of nitrogens with one attached hydrogen (secondary N) is 2. The van der Waals surface area contributed by atoms with Crippen LogP contribution in [0.1, 0.15) is 12.6 Å². The number of ether oxygens (including phenoxy) is 1. The number of thioether (sulfide) groups is 1. The monoisotopic (exact) mass is 508 g/mol. The topological polar surface area (TPSA) is 155 Å². The number of carbonyl (C=O) groups is 5. The van der Waals surface area contributed by atoms with Crippen molar-refractivity contribution in [3.05, 3.63) is 22.3 Å². The average Bonchev–Trinajstić information content (AvgIpc) is 3.15. The number of anilines is 1. The number of fused-ring (bicyclic) bond motifs is 1. The summed E-state index contributed by atoms with van der Waals surface area (Å²) in [6.45, 7) is 0.879. The van der Waals surface area contributed by atoms with Crippen LogP contribution in [-0.2, 0) is 35.1 Å². The van der Waals surface area contributed by atoms with Crippen LogP contribution in [0.25, 0.3) is 0 Å². The number of nitrogens with zero attached hydrogens (tertiary/aromatic N) is 2. The molecule has 0 bridgehead atoms.